The van der Waals surface area contributed by atoms with Gasteiger partial charge in [-0.3, -0.25) is 4.79 Å². The summed E-state index contributed by atoms with van der Waals surface area (Å²) in [6.45, 7) is 2.01. The molecule has 0 aromatic carbocycles. The molecule has 0 saturated carbocycles. The van der Waals surface area contributed by atoms with E-state index in [-0.39, 0.29) is 11.8 Å². The monoisotopic (exact) mass is 285 g/mol. The first kappa shape index (κ1) is 13.0. The fraction of sp³-hybridized carbons (Fsp3) is 0.444. The van der Waals surface area contributed by atoms with Gasteiger partial charge in [-0.2, -0.15) is 0 Å². The van der Waals surface area contributed by atoms with Crippen LogP contribution in [0.25, 0.3) is 0 Å². The van der Waals surface area contributed by atoms with Crippen molar-refractivity contribution in [3.05, 3.63) is 16.6 Å². The number of hydrogen-bond donors (Lipinski definition) is 1. The second-order valence-electron chi connectivity index (χ2n) is 3.38. The highest BCUT2D eigenvalue weighted by molar-refractivity contribution is 7.99. The molecule has 0 amide bonds. The molecule has 2 aromatic rings. The number of rotatable bonds is 6. The molecule has 0 bridgehead atoms. The lowest BCUT2D eigenvalue weighted by atomic mass is 10.2. The van der Waals surface area contributed by atoms with Gasteiger partial charge in [0.1, 0.15) is 11.0 Å². The molecule has 1 unspecified atom stereocenters. The number of carboxylic acid groups (broad SMARTS) is 1. The Morgan fingerprint density at radius 1 is 1.67 bits per heavy atom. The van der Waals surface area contributed by atoms with E-state index in [4.69, 9.17) is 5.11 Å². The first-order valence-electron chi connectivity index (χ1n) is 5.24. The number of thioether (sulfide) groups is 1. The highest BCUT2D eigenvalue weighted by Crippen LogP contribution is 2.26. The summed E-state index contributed by atoms with van der Waals surface area (Å²) < 4.78 is 1.63. The molecule has 0 radical (unpaired) electrons. The van der Waals surface area contributed by atoms with Crippen LogP contribution < -0.4 is 0 Å². The molecule has 0 aliphatic carbocycles. The minimum absolute atomic E-state index is 0.0451. The number of aromatic nitrogens is 5. The third-order valence-electron chi connectivity index (χ3n) is 2.21. The van der Waals surface area contributed by atoms with E-state index in [2.05, 4.69) is 20.5 Å². The number of thiazole rings is 1. The van der Waals surface area contributed by atoms with E-state index in [1.54, 1.807) is 10.9 Å². The van der Waals surface area contributed by atoms with Gasteiger partial charge in [0.05, 0.1) is 5.75 Å². The molecule has 96 valence electrons. The van der Waals surface area contributed by atoms with E-state index in [0.29, 0.717) is 5.16 Å². The first-order chi connectivity index (χ1) is 8.72. The molecule has 0 aliphatic heterocycles. The van der Waals surface area contributed by atoms with E-state index < -0.39 is 5.97 Å². The van der Waals surface area contributed by atoms with Crippen molar-refractivity contribution >= 4 is 29.1 Å². The summed E-state index contributed by atoms with van der Waals surface area (Å²) in [5.74, 6) is -0.953. The van der Waals surface area contributed by atoms with E-state index in [1.165, 1.54) is 11.3 Å². The van der Waals surface area contributed by atoms with Gasteiger partial charge in [-0.15, -0.1) is 16.4 Å². The zero-order valence-electron chi connectivity index (χ0n) is 9.55. The Labute approximate surface area is 111 Å². The molecule has 9 heteroatoms. The highest BCUT2D eigenvalue weighted by atomic mass is 32.2. The van der Waals surface area contributed by atoms with Crippen molar-refractivity contribution in [3.63, 3.8) is 0 Å². The smallest absolute Gasteiger partial charge is 0.313 e. The van der Waals surface area contributed by atoms with Crippen molar-refractivity contribution in [3.8, 4) is 0 Å². The quantitative estimate of drug-likeness (QED) is 0.799. The summed E-state index contributed by atoms with van der Waals surface area (Å²) in [4.78, 5) is 14.8. The highest BCUT2D eigenvalue weighted by Gasteiger charge is 2.20. The fourth-order valence-corrected chi connectivity index (χ4v) is 2.90. The van der Waals surface area contributed by atoms with Gasteiger partial charge < -0.3 is 5.11 Å². The maximum atomic E-state index is 10.6. The van der Waals surface area contributed by atoms with E-state index in [0.717, 1.165) is 23.2 Å². The molecule has 1 atom stereocenters. The van der Waals surface area contributed by atoms with Crippen LogP contribution in [0.3, 0.4) is 0 Å². The number of aliphatic carboxylic acids is 1. The minimum Gasteiger partial charge on any atom is -0.481 e. The second kappa shape index (κ2) is 5.91. The van der Waals surface area contributed by atoms with Crippen LogP contribution in [0.15, 0.2) is 16.7 Å². The molecule has 1 N–H and O–H groups in total. The Kier molecular flexibility index (Phi) is 4.26. The van der Waals surface area contributed by atoms with Crippen LogP contribution in [0, 0.1) is 0 Å². The third kappa shape index (κ3) is 2.85. The molecule has 2 rings (SSSR count). The van der Waals surface area contributed by atoms with Crippen LogP contribution in [0.1, 0.15) is 24.4 Å². The zero-order valence-corrected chi connectivity index (χ0v) is 11.2. The number of carbonyl (C=O) groups is 1. The van der Waals surface area contributed by atoms with Crippen molar-refractivity contribution in [1.82, 2.24) is 25.2 Å². The minimum atomic E-state index is -0.892. The van der Waals surface area contributed by atoms with Gasteiger partial charge in [0, 0.05) is 11.6 Å². The van der Waals surface area contributed by atoms with Crippen LogP contribution in [0.2, 0.25) is 0 Å². The number of carboxylic acids is 1. The van der Waals surface area contributed by atoms with Crippen molar-refractivity contribution < 1.29 is 9.90 Å². The average Bonchev–Trinajstić information content (AvgIpc) is 2.99. The summed E-state index contributed by atoms with van der Waals surface area (Å²) in [6, 6.07) is -0.0451. The van der Waals surface area contributed by atoms with Crippen molar-refractivity contribution in [2.45, 2.75) is 24.5 Å². The SMILES string of the molecule is CCC(c1nccs1)n1nnnc1SCC(=O)O. The lowest BCUT2D eigenvalue weighted by Gasteiger charge is -2.12. The molecular formula is C9H11N5O2S2. The van der Waals surface area contributed by atoms with Crippen molar-refractivity contribution in [2.75, 3.05) is 5.75 Å². The van der Waals surface area contributed by atoms with Crippen LogP contribution in [-0.2, 0) is 4.79 Å². The van der Waals surface area contributed by atoms with Crippen LogP contribution >= 0.6 is 23.1 Å². The summed E-state index contributed by atoms with van der Waals surface area (Å²) in [6.07, 6.45) is 2.52. The first-order valence-corrected chi connectivity index (χ1v) is 7.10. The average molecular weight is 285 g/mol. The predicted octanol–water partition coefficient (Wildman–Crippen LogP) is 1.31. The van der Waals surface area contributed by atoms with Gasteiger partial charge in [0.25, 0.3) is 0 Å². The molecule has 0 fully saturated rings. The van der Waals surface area contributed by atoms with Gasteiger partial charge in [0.2, 0.25) is 5.16 Å². The lowest BCUT2D eigenvalue weighted by molar-refractivity contribution is -0.133. The Bertz CT molecular complexity index is 513. The van der Waals surface area contributed by atoms with Crippen molar-refractivity contribution in [2.24, 2.45) is 0 Å². The summed E-state index contributed by atoms with van der Waals surface area (Å²) in [5, 5.41) is 23.4. The molecule has 0 aliphatic rings. The maximum absolute atomic E-state index is 10.6. The van der Waals surface area contributed by atoms with Crippen LogP contribution in [0.4, 0.5) is 0 Å². The van der Waals surface area contributed by atoms with Gasteiger partial charge in [-0.05, 0) is 16.8 Å². The van der Waals surface area contributed by atoms with Crippen LogP contribution in [0.5, 0.6) is 0 Å². The predicted molar refractivity (Wildman–Crippen MR) is 66.7 cm³/mol. The van der Waals surface area contributed by atoms with Gasteiger partial charge in [-0.1, -0.05) is 18.7 Å². The molecule has 2 aromatic heterocycles. The van der Waals surface area contributed by atoms with E-state index in [9.17, 15) is 4.79 Å². The molecule has 18 heavy (non-hydrogen) atoms. The topological polar surface area (TPSA) is 93.8 Å². The molecule has 0 saturated heterocycles. The van der Waals surface area contributed by atoms with Gasteiger partial charge in [-0.25, -0.2) is 9.67 Å². The van der Waals surface area contributed by atoms with Gasteiger partial charge >= 0.3 is 5.97 Å². The van der Waals surface area contributed by atoms with Gasteiger partial charge in [0.15, 0.2) is 0 Å². The normalized spacial score (nSPS) is 12.5. The number of tetrazole rings is 1. The summed E-state index contributed by atoms with van der Waals surface area (Å²) in [5.41, 5.74) is 0. The van der Waals surface area contributed by atoms with E-state index in [1.807, 2.05) is 12.3 Å². The Hall–Kier alpha value is -1.48. The lowest BCUT2D eigenvalue weighted by Crippen LogP contribution is -2.13. The standard InChI is InChI=1S/C9H11N5O2S2/c1-2-6(8-10-3-4-17-8)14-9(11-12-13-14)18-5-7(15)16/h3-4,6H,2,5H2,1H3,(H,15,16). The number of hydrogen-bond acceptors (Lipinski definition) is 7. The van der Waals surface area contributed by atoms with Crippen molar-refractivity contribution in [1.29, 1.82) is 0 Å². The second-order valence-corrected chi connectivity index (χ2v) is 5.25. The fourth-order valence-electron chi connectivity index (χ4n) is 1.45. The van der Waals surface area contributed by atoms with Crippen LogP contribution in [-0.4, -0.2) is 42.0 Å². The Morgan fingerprint density at radius 3 is 3.11 bits per heavy atom. The number of nitrogens with zero attached hydrogens (tertiary/aromatic N) is 5. The molecule has 0 spiro atoms. The summed E-state index contributed by atoms with van der Waals surface area (Å²) >= 11 is 2.64. The Balaban J connectivity index is 2.21. The Morgan fingerprint density at radius 2 is 2.50 bits per heavy atom. The van der Waals surface area contributed by atoms with E-state index >= 15 is 0 Å². The maximum Gasteiger partial charge on any atom is 0.313 e. The largest absolute Gasteiger partial charge is 0.481 e. The zero-order chi connectivity index (χ0) is 13.0. The molecule has 2 heterocycles. The molecule has 7 nitrogen and oxygen atoms in total. The summed E-state index contributed by atoms with van der Waals surface area (Å²) in [7, 11) is 0. The molecular weight excluding hydrogens is 274 g/mol. The third-order valence-corrected chi connectivity index (χ3v) is 4.00.